The van der Waals surface area contributed by atoms with Crippen LogP contribution in [-0.2, 0) is 25.8 Å². The second-order valence-electron chi connectivity index (χ2n) is 10.2. The van der Waals surface area contributed by atoms with Crippen molar-refractivity contribution in [2.24, 2.45) is 5.16 Å². The summed E-state index contributed by atoms with van der Waals surface area (Å²) in [6.07, 6.45) is 10.2. The van der Waals surface area contributed by atoms with Gasteiger partial charge in [-0.3, -0.25) is 19.3 Å². The molecule has 1 unspecified atom stereocenters. The molecule has 0 aromatic carbocycles. The van der Waals surface area contributed by atoms with Crippen LogP contribution in [0.2, 0.25) is 0 Å². The molecular weight excluding hydrogens is 608 g/mol. The van der Waals surface area contributed by atoms with E-state index in [2.05, 4.69) is 32.1 Å². The Balaban J connectivity index is 1.37. The number of hydrogen-bond donors (Lipinski definition) is 3. The van der Waals surface area contributed by atoms with E-state index in [-0.39, 0.29) is 47.2 Å². The fourth-order valence-electron chi connectivity index (χ4n) is 4.79. The molecule has 4 N–H and O–H groups in total. The number of rotatable bonds is 16. The Hall–Kier alpha value is -4.05. The van der Waals surface area contributed by atoms with Gasteiger partial charge in [0.05, 0.1) is 17.2 Å². The number of amides is 3. The lowest BCUT2D eigenvalue weighted by Gasteiger charge is -2.50. The lowest BCUT2D eigenvalue weighted by molar-refractivity contribution is -0.689. The van der Waals surface area contributed by atoms with Crippen LogP contribution in [0.25, 0.3) is 0 Å². The Labute approximate surface area is 263 Å². The van der Waals surface area contributed by atoms with E-state index in [0.717, 1.165) is 29.3 Å². The summed E-state index contributed by atoms with van der Waals surface area (Å²) in [4.78, 5) is 60.9. The number of nitrogens with two attached hydrogens (primary N) is 1. The quantitative estimate of drug-likeness (QED) is 0.0754. The first kappa shape index (κ1) is 32.9. The van der Waals surface area contributed by atoms with Crippen LogP contribution in [0.5, 0.6) is 0 Å². The largest absolute Gasteiger partial charge is 0.543 e. The zero-order valence-corrected chi connectivity index (χ0v) is 26.2. The molecule has 2 aliphatic rings. The molecule has 2 aliphatic heterocycles. The molecule has 1 fully saturated rings. The summed E-state index contributed by atoms with van der Waals surface area (Å²) in [7, 11) is 0. The number of carbonyl (C=O) groups excluding carboxylic acids is 4. The minimum Gasteiger partial charge on any atom is -0.543 e. The van der Waals surface area contributed by atoms with E-state index < -0.39 is 29.2 Å². The minimum absolute atomic E-state index is 0.0469. The summed E-state index contributed by atoms with van der Waals surface area (Å²) in [5, 5.41) is 21.0. The minimum atomic E-state index is -1.49. The van der Waals surface area contributed by atoms with Gasteiger partial charge in [0.15, 0.2) is 24.1 Å². The summed E-state index contributed by atoms with van der Waals surface area (Å²) in [5.41, 5.74) is 6.12. The zero-order chi connectivity index (χ0) is 31.6. The average molecular weight is 645 g/mol. The van der Waals surface area contributed by atoms with Gasteiger partial charge in [0.2, 0.25) is 11.5 Å². The first-order chi connectivity index (χ1) is 21.2. The smallest absolute Gasteiger partial charge is 0.278 e. The van der Waals surface area contributed by atoms with Crippen molar-refractivity contribution in [2.75, 3.05) is 24.6 Å². The summed E-state index contributed by atoms with van der Waals surface area (Å²) in [6, 6.07) is 2.33. The van der Waals surface area contributed by atoms with Gasteiger partial charge >= 0.3 is 0 Å². The molecule has 2 aromatic heterocycles. The zero-order valence-electron chi connectivity index (χ0n) is 24.6. The highest BCUT2D eigenvalue weighted by Gasteiger charge is 2.53. The number of nitrogens with one attached hydrogen (secondary N) is 2. The summed E-state index contributed by atoms with van der Waals surface area (Å²) in [5.74, 6) is -2.78. The van der Waals surface area contributed by atoms with Gasteiger partial charge in [-0.05, 0) is 13.3 Å². The molecule has 0 saturated carbocycles. The lowest BCUT2D eigenvalue weighted by Crippen LogP contribution is -2.71. The van der Waals surface area contributed by atoms with Crippen molar-refractivity contribution in [3.8, 4) is 0 Å². The van der Waals surface area contributed by atoms with E-state index in [0.29, 0.717) is 17.7 Å². The van der Waals surface area contributed by atoms with Crippen LogP contribution in [-0.4, -0.2) is 74.0 Å². The third kappa shape index (κ3) is 7.91. The van der Waals surface area contributed by atoms with Crippen molar-refractivity contribution in [2.45, 2.75) is 70.3 Å². The van der Waals surface area contributed by atoms with Gasteiger partial charge < -0.3 is 31.1 Å². The van der Waals surface area contributed by atoms with Crippen LogP contribution >= 0.6 is 23.3 Å². The number of aliphatic carboxylic acids is 1. The van der Waals surface area contributed by atoms with Gasteiger partial charge in [-0.1, -0.05) is 44.2 Å². The lowest BCUT2D eigenvalue weighted by atomic mass is 10.0. The Kier molecular flexibility index (Phi) is 11.7. The number of hydrogen-bond acceptors (Lipinski definition) is 12. The average Bonchev–Trinajstić information content (AvgIpc) is 3.45. The van der Waals surface area contributed by atoms with Crippen molar-refractivity contribution in [1.82, 2.24) is 24.9 Å². The van der Waals surface area contributed by atoms with E-state index in [1.807, 2.05) is 0 Å². The van der Waals surface area contributed by atoms with Gasteiger partial charge in [-0.25, -0.2) is 4.57 Å². The Morgan fingerprint density at radius 2 is 1.91 bits per heavy atom. The Morgan fingerprint density at radius 3 is 2.57 bits per heavy atom. The van der Waals surface area contributed by atoms with Gasteiger partial charge in [0, 0.05) is 41.5 Å². The number of carboxylic acids is 1. The highest BCUT2D eigenvalue weighted by Crippen LogP contribution is 2.40. The number of aromatic nitrogens is 3. The molecule has 44 heavy (non-hydrogen) atoms. The third-order valence-electron chi connectivity index (χ3n) is 7.02. The number of anilines is 1. The van der Waals surface area contributed by atoms with Crippen LogP contribution in [0.3, 0.4) is 0 Å². The van der Waals surface area contributed by atoms with E-state index in [1.165, 1.54) is 37.4 Å². The molecule has 236 valence electrons. The predicted octanol–water partition coefficient (Wildman–Crippen LogP) is 0.343. The first-order valence-electron chi connectivity index (χ1n) is 14.5. The molecule has 3 amide bonds. The normalized spacial score (nSPS) is 18.0. The van der Waals surface area contributed by atoms with Gasteiger partial charge in [-0.15, -0.1) is 11.8 Å². The molecule has 0 radical (unpaired) electrons. The molecule has 0 bridgehead atoms. The van der Waals surface area contributed by atoms with E-state index >= 15 is 0 Å². The summed E-state index contributed by atoms with van der Waals surface area (Å²) in [6.45, 7) is 4.83. The second-order valence-corrected chi connectivity index (χ2v) is 12.1. The second kappa shape index (κ2) is 15.6. The van der Waals surface area contributed by atoms with E-state index in [9.17, 15) is 24.3 Å². The molecular formula is C28H36N8O6S2. The number of fused-ring (bicyclic) bond motifs is 1. The molecule has 0 spiro atoms. The maximum absolute atomic E-state index is 13.1. The number of pyridine rings is 1. The summed E-state index contributed by atoms with van der Waals surface area (Å²) < 4.78 is 5.72. The molecule has 2 aromatic rings. The standard InChI is InChI=1S/C28H36N8O6S2/c1-3-5-6-7-8-9-12-30-23(37)17-10-13-35(14-11-17)15-18-16-43-26-20(25(39)36(26)21(18)27(40)41)31-24(38)19(33-42-4-2)22-32-28(29)44-34-22/h10-11,13-14,20,26H,3-9,12,15-16H2,1-2H3,(H4-,29,30,31,32,34,37,38,40,41)/t20?,26-/m0/s1. The molecule has 1 saturated heterocycles. The van der Waals surface area contributed by atoms with E-state index in [1.54, 1.807) is 36.0 Å². The molecule has 14 nitrogen and oxygen atoms in total. The van der Waals surface area contributed by atoms with E-state index in [4.69, 9.17) is 10.6 Å². The topological polar surface area (TPSA) is 196 Å². The molecule has 4 heterocycles. The van der Waals surface area contributed by atoms with Crippen molar-refractivity contribution in [1.29, 1.82) is 0 Å². The van der Waals surface area contributed by atoms with Crippen molar-refractivity contribution >= 4 is 57.8 Å². The SMILES string of the molecule is CCCCCCCCNC(=O)c1cc[n+](CC2=C(C(=O)[O-])N3C(=O)C(NC(=O)C(=NOCC)c4nsc(N)n4)[C@@H]3SC2)cc1. The van der Waals surface area contributed by atoms with Gasteiger partial charge in [0.1, 0.15) is 18.0 Å². The maximum atomic E-state index is 13.1. The highest BCUT2D eigenvalue weighted by molar-refractivity contribution is 8.00. The highest BCUT2D eigenvalue weighted by atomic mass is 32.2. The molecule has 0 aliphatic carbocycles. The van der Waals surface area contributed by atoms with Gasteiger partial charge in [0.25, 0.3) is 17.7 Å². The monoisotopic (exact) mass is 644 g/mol. The van der Waals surface area contributed by atoms with Crippen molar-refractivity contribution in [3.63, 3.8) is 0 Å². The Bertz CT molecular complexity index is 1430. The number of carbonyl (C=O) groups is 4. The number of carboxylic acid groups (broad SMARTS) is 1. The molecule has 2 atom stereocenters. The predicted molar refractivity (Wildman–Crippen MR) is 162 cm³/mol. The number of oxime groups is 1. The molecule has 4 rings (SSSR count). The van der Waals surface area contributed by atoms with Crippen molar-refractivity contribution in [3.05, 3.63) is 47.2 Å². The number of nitrogen functional groups attached to an aromatic ring is 1. The number of nitrogens with zero attached hydrogens (tertiary/aromatic N) is 5. The molecule has 16 heteroatoms. The maximum Gasteiger partial charge on any atom is 0.278 e. The fourth-order valence-corrected chi connectivity index (χ4v) is 6.56. The van der Waals surface area contributed by atoms with Crippen molar-refractivity contribution < 1.29 is 33.7 Å². The third-order valence-corrected chi connectivity index (χ3v) is 8.91. The van der Waals surface area contributed by atoms with Crippen LogP contribution in [0.15, 0.2) is 41.0 Å². The number of thioether (sulfide) groups is 1. The number of β-lactam (4-membered cyclic amide) rings is 1. The van der Waals surface area contributed by atoms with Gasteiger partial charge in [-0.2, -0.15) is 9.36 Å². The van der Waals surface area contributed by atoms with Crippen LogP contribution in [0, 0.1) is 0 Å². The summed E-state index contributed by atoms with van der Waals surface area (Å²) >= 11 is 2.19. The van der Waals surface area contributed by atoms with Crippen LogP contribution in [0.1, 0.15) is 68.6 Å². The van der Waals surface area contributed by atoms with Crippen LogP contribution in [0.4, 0.5) is 5.13 Å². The first-order valence-corrected chi connectivity index (χ1v) is 16.3. The number of unbranched alkanes of at least 4 members (excludes halogenated alkanes) is 5. The Morgan fingerprint density at radius 1 is 1.18 bits per heavy atom. The van der Waals surface area contributed by atoms with Crippen LogP contribution < -0.4 is 26.0 Å². The fraction of sp³-hybridized carbons (Fsp3) is 0.500.